The van der Waals surface area contributed by atoms with Gasteiger partial charge in [-0.25, -0.2) is 9.97 Å². The van der Waals surface area contributed by atoms with Gasteiger partial charge in [0.15, 0.2) is 6.29 Å². The van der Waals surface area contributed by atoms with E-state index in [9.17, 15) is 10.1 Å². The molecule has 0 spiro atoms. The lowest BCUT2D eigenvalue weighted by molar-refractivity contribution is -0.385. The predicted molar refractivity (Wildman–Crippen MR) is 96.2 cm³/mol. The molecular formula is C16H20N4O4S. The number of pyridine rings is 2. The molecule has 0 amide bonds. The number of nitrogens with one attached hydrogen (secondary N) is 1. The summed E-state index contributed by atoms with van der Waals surface area (Å²) < 4.78 is 11.1. The zero-order valence-corrected chi connectivity index (χ0v) is 14.9. The van der Waals surface area contributed by atoms with Crippen molar-refractivity contribution < 1.29 is 14.4 Å². The van der Waals surface area contributed by atoms with E-state index in [-0.39, 0.29) is 12.0 Å². The number of aromatic nitrogens is 2. The van der Waals surface area contributed by atoms with Crippen molar-refractivity contribution in [2.75, 3.05) is 24.3 Å². The topological polar surface area (TPSA) is 99.4 Å². The van der Waals surface area contributed by atoms with Gasteiger partial charge >= 0.3 is 0 Å². The van der Waals surface area contributed by atoms with E-state index in [2.05, 4.69) is 15.3 Å². The third-order valence-corrected chi connectivity index (χ3v) is 4.09. The number of thioether (sulfide) groups is 1. The highest BCUT2D eigenvalue weighted by Gasteiger charge is 2.12. The molecule has 0 aromatic carbocycles. The Hall–Kier alpha value is -2.23. The standard InChI is InChI=1S/C16H20N4O4S/c1-3-23-15(24-4-2)11-25-16-13(6-5-9-17-16)19-14-8-7-12(10-18-14)20(21)22/h5-10,15H,3-4,11H2,1-2H3,(H,18,19). The summed E-state index contributed by atoms with van der Waals surface area (Å²) in [5.41, 5.74) is 0.711. The molecule has 0 aliphatic carbocycles. The maximum absolute atomic E-state index is 10.7. The molecule has 0 saturated carbocycles. The van der Waals surface area contributed by atoms with Gasteiger partial charge in [0.1, 0.15) is 17.0 Å². The smallest absolute Gasteiger partial charge is 0.287 e. The van der Waals surface area contributed by atoms with Crippen LogP contribution in [0.25, 0.3) is 0 Å². The second kappa shape index (κ2) is 9.92. The number of nitro groups is 1. The van der Waals surface area contributed by atoms with Crippen LogP contribution in [0.2, 0.25) is 0 Å². The summed E-state index contributed by atoms with van der Waals surface area (Å²) in [6.07, 6.45) is 2.62. The molecule has 25 heavy (non-hydrogen) atoms. The van der Waals surface area contributed by atoms with Crippen LogP contribution in [0.5, 0.6) is 0 Å². The van der Waals surface area contributed by atoms with Crippen molar-refractivity contribution in [3.63, 3.8) is 0 Å². The Labute approximate surface area is 150 Å². The van der Waals surface area contributed by atoms with Gasteiger partial charge in [0.05, 0.1) is 16.4 Å². The van der Waals surface area contributed by atoms with Crippen molar-refractivity contribution in [2.45, 2.75) is 25.2 Å². The Balaban J connectivity index is 2.05. The van der Waals surface area contributed by atoms with E-state index in [0.717, 1.165) is 10.7 Å². The molecule has 2 aromatic rings. The average Bonchev–Trinajstić information content (AvgIpc) is 2.61. The van der Waals surface area contributed by atoms with Crippen molar-refractivity contribution in [1.82, 2.24) is 9.97 Å². The second-order valence-electron chi connectivity index (χ2n) is 4.79. The normalized spacial score (nSPS) is 10.8. The van der Waals surface area contributed by atoms with Crippen LogP contribution >= 0.6 is 11.8 Å². The zero-order valence-electron chi connectivity index (χ0n) is 14.0. The van der Waals surface area contributed by atoms with Gasteiger partial charge in [-0.2, -0.15) is 0 Å². The number of rotatable bonds is 10. The van der Waals surface area contributed by atoms with E-state index in [4.69, 9.17) is 9.47 Å². The summed E-state index contributed by atoms with van der Waals surface area (Å²) >= 11 is 1.50. The molecule has 0 atom stereocenters. The summed E-state index contributed by atoms with van der Waals surface area (Å²) in [4.78, 5) is 18.6. The number of anilines is 2. The molecule has 2 rings (SSSR count). The third-order valence-electron chi connectivity index (χ3n) is 3.05. The molecule has 0 aliphatic heterocycles. The van der Waals surface area contributed by atoms with Gasteiger partial charge in [0.2, 0.25) is 0 Å². The lowest BCUT2D eigenvalue weighted by atomic mass is 10.4. The van der Waals surface area contributed by atoms with Gasteiger partial charge in [0.25, 0.3) is 5.69 Å². The Morgan fingerprint density at radius 1 is 1.24 bits per heavy atom. The molecule has 134 valence electrons. The van der Waals surface area contributed by atoms with Crippen LogP contribution in [0.15, 0.2) is 41.7 Å². The van der Waals surface area contributed by atoms with E-state index in [1.54, 1.807) is 18.3 Å². The molecule has 1 N–H and O–H groups in total. The molecule has 8 nitrogen and oxygen atoms in total. The van der Waals surface area contributed by atoms with E-state index in [0.29, 0.717) is 24.8 Å². The van der Waals surface area contributed by atoms with E-state index >= 15 is 0 Å². The Morgan fingerprint density at radius 3 is 2.60 bits per heavy atom. The number of nitrogens with zero attached hydrogens (tertiary/aromatic N) is 3. The average molecular weight is 364 g/mol. The molecule has 0 radical (unpaired) electrons. The Morgan fingerprint density at radius 2 is 2.00 bits per heavy atom. The lowest BCUT2D eigenvalue weighted by Crippen LogP contribution is -2.20. The fourth-order valence-corrected chi connectivity index (χ4v) is 2.87. The molecule has 2 heterocycles. The number of hydrogen-bond acceptors (Lipinski definition) is 8. The molecule has 9 heteroatoms. The highest BCUT2D eigenvalue weighted by atomic mass is 32.2. The highest BCUT2D eigenvalue weighted by Crippen LogP contribution is 2.28. The van der Waals surface area contributed by atoms with Crippen molar-refractivity contribution in [1.29, 1.82) is 0 Å². The van der Waals surface area contributed by atoms with Crippen LogP contribution in [-0.4, -0.2) is 40.1 Å². The largest absolute Gasteiger partial charge is 0.352 e. The fourth-order valence-electron chi connectivity index (χ4n) is 1.97. The first-order valence-corrected chi connectivity index (χ1v) is 8.81. The van der Waals surface area contributed by atoms with Crippen LogP contribution < -0.4 is 5.32 Å². The first-order valence-electron chi connectivity index (χ1n) is 7.82. The van der Waals surface area contributed by atoms with E-state index in [1.807, 2.05) is 19.9 Å². The minimum atomic E-state index is -0.482. The SMILES string of the molecule is CCOC(CSc1ncccc1Nc1ccc([N+](=O)[O-])cn1)OCC. The summed E-state index contributed by atoms with van der Waals surface area (Å²) in [7, 11) is 0. The van der Waals surface area contributed by atoms with Crippen molar-refractivity contribution >= 4 is 29.0 Å². The molecule has 0 bridgehead atoms. The van der Waals surface area contributed by atoms with Gasteiger partial charge < -0.3 is 14.8 Å². The molecule has 0 fully saturated rings. The van der Waals surface area contributed by atoms with Crippen LogP contribution in [0, 0.1) is 10.1 Å². The fraction of sp³-hybridized carbons (Fsp3) is 0.375. The molecule has 0 unspecified atom stereocenters. The van der Waals surface area contributed by atoms with Crippen molar-refractivity contribution in [3.8, 4) is 0 Å². The van der Waals surface area contributed by atoms with Crippen molar-refractivity contribution in [2.24, 2.45) is 0 Å². The zero-order chi connectivity index (χ0) is 18.1. The van der Waals surface area contributed by atoms with Crippen LogP contribution in [-0.2, 0) is 9.47 Å². The quantitative estimate of drug-likeness (QED) is 0.295. The molecular weight excluding hydrogens is 344 g/mol. The monoisotopic (exact) mass is 364 g/mol. The highest BCUT2D eigenvalue weighted by molar-refractivity contribution is 7.99. The first kappa shape index (κ1) is 19.1. The van der Waals surface area contributed by atoms with Crippen molar-refractivity contribution in [3.05, 3.63) is 46.8 Å². The molecule has 2 aromatic heterocycles. The van der Waals surface area contributed by atoms with Gasteiger partial charge in [-0.15, -0.1) is 0 Å². The molecule has 0 aliphatic rings. The second-order valence-corrected chi connectivity index (χ2v) is 5.80. The van der Waals surface area contributed by atoms with Crippen LogP contribution in [0.3, 0.4) is 0 Å². The van der Waals surface area contributed by atoms with Gasteiger partial charge in [-0.05, 0) is 32.0 Å². The summed E-state index contributed by atoms with van der Waals surface area (Å²) in [5, 5.41) is 14.6. The lowest BCUT2D eigenvalue weighted by Gasteiger charge is -2.17. The first-order chi connectivity index (χ1) is 12.1. The number of hydrogen-bond donors (Lipinski definition) is 1. The minimum Gasteiger partial charge on any atom is -0.352 e. The number of ether oxygens (including phenoxy) is 2. The summed E-state index contributed by atoms with van der Waals surface area (Å²) in [5.74, 6) is 1.10. The van der Waals surface area contributed by atoms with Gasteiger partial charge in [0, 0.05) is 25.5 Å². The maximum Gasteiger partial charge on any atom is 0.287 e. The summed E-state index contributed by atoms with van der Waals surface area (Å²) in [6.45, 7) is 4.99. The van der Waals surface area contributed by atoms with Crippen LogP contribution in [0.1, 0.15) is 13.8 Å². The van der Waals surface area contributed by atoms with E-state index < -0.39 is 4.92 Å². The maximum atomic E-state index is 10.7. The summed E-state index contributed by atoms with van der Waals surface area (Å²) in [6, 6.07) is 6.64. The third kappa shape index (κ3) is 5.96. The van der Waals surface area contributed by atoms with Crippen LogP contribution in [0.4, 0.5) is 17.2 Å². The minimum absolute atomic E-state index is 0.0531. The molecule has 0 saturated heterocycles. The predicted octanol–water partition coefficient (Wildman–Crippen LogP) is 3.62. The Bertz CT molecular complexity index is 678. The van der Waals surface area contributed by atoms with Gasteiger partial charge in [-0.1, -0.05) is 11.8 Å². The van der Waals surface area contributed by atoms with Gasteiger partial charge in [-0.3, -0.25) is 10.1 Å². The van der Waals surface area contributed by atoms with E-state index in [1.165, 1.54) is 24.0 Å². The Kier molecular flexibility index (Phi) is 7.58.